The van der Waals surface area contributed by atoms with E-state index in [4.69, 9.17) is 15.3 Å². The first-order valence-electron chi connectivity index (χ1n) is 5.78. The van der Waals surface area contributed by atoms with E-state index in [0.29, 0.717) is 0 Å². The Morgan fingerprint density at radius 2 is 1.27 bits per heavy atom. The predicted octanol–water partition coefficient (Wildman–Crippen LogP) is 1.69. The van der Waals surface area contributed by atoms with Crippen molar-refractivity contribution in [1.29, 1.82) is 0 Å². The number of quaternary nitrogens is 1. The van der Waals surface area contributed by atoms with Gasteiger partial charge in [-0.3, -0.25) is 0 Å². The Labute approximate surface area is 92.0 Å². The molecular weight excluding hydrogens is 196 g/mol. The highest BCUT2D eigenvalue weighted by Gasteiger charge is 1.90. The first-order chi connectivity index (χ1) is 7.15. The van der Waals surface area contributed by atoms with Crippen LogP contribution in [0.1, 0.15) is 52.4 Å². The fraction of sp³-hybridized carbons (Fsp3) is 1.00. The number of hydrogen-bond acceptors (Lipinski definition) is 3. The third-order valence-electron chi connectivity index (χ3n) is 2.02. The van der Waals surface area contributed by atoms with Crippen molar-refractivity contribution in [2.45, 2.75) is 52.4 Å². The van der Waals surface area contributed by atoms with E-state index in [-0.39, 0.29) is 0 Å². The standard InChI is InChI=1S/C10H23N.NO3/c1-3-5-7-9-11-10-8-6-4-2;2-1(3)4/h11H,3-10H2,1-2H3;/q;-1/p+1. The lowest BCUT2D eigenvalue weighted by Crippen LogP contribution is -2.84. The van der Waals surface area contributed by atoms with Gasteiger partial charge in [0.25, 0.3) is 0 Å². The highest BCUT2D eigenvalue weighted by Crippen LogP contribution is 1.90. The molecule has 0 aliphatic heterocycles. The van der Waals surface area contributed by atoms with Crippen molar-refractivity contribution < 1.29 is 10.4 Å². The number of unbranched alkanes of at least 4 members (excludes halogenated alkanes) is 4. The summed E-state index contributed by atoms with van der Waals surface area (Å²) in [6.07, 6.45) is 8.32. The van der Waals surface area contributed by atoms with Gasteiger partial charge in [0.2, 0.25) is 0 Å². The molecule has 2 N–H and O–H groups in total. The minimum Gasteiger partial charge on any atom is -0.356 e. The molecule has 0 saturated heterocycles. The number of hydrogen-bond donors (Lipinski definition) is 1. The molecule has 0 aromatic carbocycles. The van der Waals surface area contributed by atoms with Gasteiger partial charge >= 0.3 is 0 Å². The molecule has 92 valence electrons. The van der Waals surface area contributed by atoms with Gasteiger partial charge < -0.3 is 20.6 Å². The fourth-order valence-corrected chi connectivity index (χ4v) is 1.22. The Morgan fingerprint density at radius 3 is 1.53 bits per heavy atom. The van der Waals surface area contributed by atoms with Crippen molar-refractivity contribution >= 4 is 0 Å². The minimum atomic E-state index is -1.75. The van der Waals surface area contributed by atoms with E-state index in [1.165, 1.54) is 51.6 Å². The lowest BCUT2D eigenvalue weighted by Gasteiger charge is -1.99. The highest BCUT2D eigenvalue weighted by atomic mass is 16.9. The molecule has 0 aliphatic rings. The SMILES string of the molecule is CCCCC[NH2+]CCCCC.O=[N+]([O-])[O-]. The lowest BCUT2D eigenvalue weighted by molar-refractivity contribution is -0.655. The van der Waals surface area contributed by atoms with Gasteiger partial charge in [0, 0.05) is 0 Å². The van der Waals surface area contributed by atoms with Gasteiger partial charge in [0.15, 0.2) is 0 Å². The summed E-state index contributed by atoms with van der Waals surface area (Å²) in [6, 6.07) is 0. The van der Waals surface area contributed by atoms with Crippen LogP contribution < -0.4 is 5.32 Å². The van der Waals surface area contributed by atoms with Gasteiger partial charge in [0.1, 0.15) is 0 Å². The quantitative estimate of drug-likeness (QED) is 0.384. The monoisotopic (exact) mass is 220 g/mol. The molecule has 0 bridgehead atoms. The van der Waals surface area contributed by atoms with Crippen LogP contribution in [0.2, 0.25) is 0 Å². The molecule has 0 aromatic rings. The maximum atomic E-state index is 8.25. The van der Waals surface area contributed by atoms with Crippen molar-refractivity contribution in [1.82, 2.24) is 0 Å². The normalized spacial score (nSPS) is 9.20. The summed E-state index contributed by atoms with van der Waals surface area (Å²) in [5.41, 5.74) is 0. The molecule has 0 radical (unpaired) electrons. The largest absolute Gasteiger partial charge is 0.356 e. The molecule has 0 aromatic heterocycles. The predicted molar refractivity (Wildman–Crippen MR) is 61.1 cm³/mol. The molecular formula is C10H24N2O3. The average molecular weight is 220 g/mol. The Bertz CT molecular complexity index is 120. The summed E-state index contributed by atoms with van der Waals surface area (Å²) in [4.78, 5) is 8.25. The number of nitrogens with two attached hydrogens (primary N) is 1. The van der Waals surface area contributed by atoms with Crippen LogP contribution in [0.4, 0.5) is 0 Å². The minimum absolute atomic E-state index is 1.34. The van der Waals surface area contributed by atoms with Crippen molar-refractivity contribution in [2.75, 3.05) is 13.1 Å². The molecule has 0 saturated carbocycles. The maximum absolute atomic E-state index is 8.25. The molecule has 0 aliphatic carbocycles. The number of nitrogens with zero attached hydrogens (tertiary/aromatic N) is 1. The van der Waals surface area contributed by atoms with Crippen LogP contribution in [-0.4, -0.2) is 18.2 Å². The van der Waals surface area contributed by atoms with Crippen molar-refractivity contribution in [3.8, 4) is 0 Å². The molecule has 5 nitrogen and oxygen atoms in total. The van der Waals surface area contributed by atoms with Crippen molar-refractivity contribution in [3.63, 3.8) is 0 Å². The Hall–Kier alpha value is -0.840. The highest BCUT2D eigenvalue weighted by molar-refractivity contribution is 4.34. The second kappa shape index (κ2) is 15.6. The molecule has 0 spiro atoms. The van der Waals surface area contributed by atoms with Gasteiger partial charge in [0.05, 0.1) is 18.2 Å². The Balaban J connectivity index is 0. The van der Waals surface area contributed by atoms with E-state index in [9.17, 15) is 0 Å². The summed E-state index contributed by atoms with van der Waals surface area (Å²) >= 11 is 0. The molecule has 5 heteroatoms. The number of rotatable bonds is 8. The second-order valence-electron chi connectivity index (χ2n) is 3.50. The van der Waals surface area contributed by atoms with Crippen LogP contribution >= 0.6 is 0 Å². The average Bonchev–Trinajstić information content (AvgIpc) is 2.16. The summed E-state index contributed by atoms with van der Waals surface area (Å²) in [5, 5.41) is 17.2. The third-order valence-corrected chi connectivity index (χ3v) is 2.02. The van der Waals surface area contributed by atoms with Crippen LogP contribution in [0.25, 0.3) is 0 Å². The zero-order valence-corrected chi connectivity index (χ0v) is 9.91. The maximum Gasteiger partial charge on any atom is 0.0755 e. The first kappa shape index (κ1) is 16.6. The van der Waals surface area contributed by atoms with Crippen molar-refractivity contribution in [3.05, 3.63) is 15.3 Å². The Kier molecular flexibility index (Phi) is 17.3. The van der Waals surface area contributed by atoms with Gasteiger partial charge in [-0.15, -0.1) is 0 Å². The van der Waals surface area contributed by atoms with Crippen LogP contribution in [0, 0.1) is 15.3 Å². The molecule has 0 amide bonds. The van der Waals surface area contributed by atoms with E-state index >= 15 is 0 Å². The summed E-state index contributed by atoms with van der Waals surface area (Å²) < 4.78 is 0. The van der Waals surface area contributed by atoms with Gasteiger partial charge in [-0.05, 0) is 25.7 Å². The zero-order chi connectivity index (χ0) is 11.9. The molecule has 0 rings (SSSR count). The smallest absolute Gasteiger partial charge is 0.0755 e. The summed E-state index contributed by atoms with van der Waals surface area (Å²) in [5.74, 6) is 0. The third kappa shape index (κ3) is 32.0. The fourth-order valence-electron chi connectivity index (χ4n) is 1.22. The second-order valence-corrected chi connectivity index (χ2v) is 3.50. The molecule has 0 heterocycles. The zero-order valence-electron chi connectivity index (χ0n) is 9.91. The molecule has 15 heavy (non-hydrogen) atoms. The van der Waals surface area contributed by atoms with Gasteiger partial charge in [-0.1, -0.05) is 26.7 Å². The van der Waals surface area contributed by atoms with Crippen LogP contribution in [0.3, 0.4) is 0 Å². The summed E-state index contributed by atoms with van der Waals surface area (Å²) in [6.45, 7) is 7.21. The molecule has 0 fully saturated rings. The van der Waals surface area contributed by atoms with Crippen LogP contribution in [0.15, 0.2) is 0 Å². The molecule has 0 atom stereocenters. The van der Waals surface area contributed by atoms with Crippen LogP contribution in [0.5, 0.6) is 0 Å². The van der Waals surface area contributed by atoms with E-state index < -0.39 is 5.09 Å². The van der Waals surface area contributed by atoms with E-state index in [2.05, 4.69) is 19.2 Å². The van der Waals surface area contributed by atoms with Crippen LogP contribution in [-0.2, 0) is 0 Å². The Morgan fingerprint density at radius 1 is 0.933 bits per heavy atom. The van der Waals surface area contributed by atoms with E-state index in [0.717, 1.165) is 0 Å². The first-order valence-corrected chi connectivity index (χ1v) is 5.78. The van der Waals surface area contributed by atoms with E-state index in [1.54, 1.807) is 0 Å². The van der Waals surface area contributed by atoms with E-state index in [1.807, 2.05) is 0 Å². The van der Waals surface area contributed by atoms with Gasteiger partial charge in [-0.2, -0.15) is 0 Å². The lowest BCUT2D eigenvalue weighted by atomic mass is 10.2. The van der Waals surface area contributed by atoms with Gasteiger partial charge in [-0.25, -0.2) is 0 Å². The topological polar surface area (TPSA) is 82.8 Å². The summed E-state index contributed by atoms with van der Waals surface area (Å²) in [7, 11) is 0. The molecule has 0 unspecified atom stereocenters. The van der Waals surface area contributed by atoms with Crippen molar-refractivity contribution in [2.24, 2.45) is 0 Å².